The molecule has 0 bridgehead atoms. The van der Waals surface area contributed by atoms with Crippen molar-refractivity contribution in [3.05, 3.63) is 48.0 Å². The number of nitrogens with two attached hydrogens (primary N) is 1. The average molecular weight is 304 g/mol. The fourth-order valence-electron chi connectivity index (χ4n) is 2.98. The van der Waals surface area contributed by atoms with Crippen LogP contribution in [-0.4, -0.2) is 10.8 Å². The fourth-order valence-corrected chi connectivity index (χ4v) is 3.28. The molecule has 0 spiro atoms. The van der Waals surface area contributed by atoms with E-state index in [9.17, 15) is 10.5 Å². The molecule has 5 heteroatoms. The molecule has 0 saturated carbocycles. The SMILES string of the molecule is N#CC1C(=S)N=C(N)C(C#N)C1c1cccc2ccccc12. The molecule has 0 aromatic heterocycles. The molecule has 1 aliphatic heterocycles. The van der Waals surface area contributed by atoms with E-state index >= 15 is 0 Å². The van der Waals surface area contributed by atoms with E-state index in [4.69, 9.17) is 18.0 Å². The van der Waals surface area contributed by atoms with Crippen LogP contribution in [0.1, 0.15) is 11.5 Å². The van der Waals surface area contributed by atoms with Crippen LogP contribution < -0.4 is 5.73 Å². The first-order valence-electron chi connectivity index (χ1n) is 6.82. The van der Waals surface area contributed by atoms with E-state index in [1.807, 2.05) is 42.5 Å². The summed E-state index contributed by atoms with van der Waals surface area (Å²) in [6.45, 7) is 0. The smallest absolute Gasteiger partial charge is 0.123 e. The molecule has 4 nitrogen and oxygen atoms in total. The molecule has 0 amide bonds. The van der Waals surface area contributed by atoms with Crippen LogP contribution in [0.5, 0.6) is 0 Å². The number of thiocarbonyl (C=S) groups is 1. The van der Waals surface area contributed by atoms with Gasteiger partial charge in [-0.05, 0) is 16.3 Å². The number of nitriles is 2. The summed E-state index contributed by atoms with van der Waals surface area (Å²) in [6, 6.07) is 18.1. The van der Waals surface area contributed by atoms with E-state index in [-0.39, 0.29) is 10.8 Å². The zero-order valence-electron chi connectivity index (χ0n) is 11.6. The van der Waals surface area contributed by atoms with Crippen molar-refractivity contribution >= 4 is 33.8 Å². The highest BCUT2D eigenvalue weighted by molar-refractivity contribution is 7.80. The van der Waals surface area contributed by atoms with E-state index in [0.29, 0.717) is 0 Å². The topological polar surface area (TPSA) is 86.0 Å². The summed E-state index contributed by atoms with van der Waals surface area (Å²) in [7, 11) is 0. The molecule has 106 valence electrons. The van der Waals surface area contributed by atoms with Crippen molar-refractivity contribution in [3.63, 3.8) is 0 Å². The highest BCUT2D eigenvalue weighted by Crippen LogP contribution is 2.39. The number of amidine groups is 1. The van der Waals surface area contributed by atoms with Crippen LogP contribution in [0.15, 0.2) is 47.5 Å². The van der Waals surface area contributed by atoms with Crippen LogP contribution in [-0.2, 0) is 0 Å². The third kappa shape index (κ3) is 2.13. The van der Waals surface area contributed by atoms with Gasteiger partial charge in [-0.25, -0.2) is 4.99 Å². The number of hydrogen-bond acceptors (Lipinski definition) is 4. The first kappa shape index (κ1) is 14.2. The molecule has 0 saturated heterocycles. The van der Waals surface area contributed by atoms with Crippen LogP contribution in [0.4, 0.5) is 0 Å². The van der Waals surface area contributed by atoms with Crippen LogP contribution in [0.25, 0.3) is 10.8 Å². The Hall–Kier alpha value is -2.76. The van der Waals surface area contributed by atoms with E-state index < -0.39 is 17.8 Å². The Bertz CT molecular complexity index is 867. The van der Waals surface area contributed by atoms with Gasteiger partial charge in [-0.15, -0.1) is 0 Å². The quantitative estimate of drug-likeness (QED) is 0.821. The van der Waals surface area contributed by atoms with Gasteiger partial charge in [-0.3, -0.25) is 0 Å². The zero-order valence-corrected chi connectivity index (χ0v) is 12.4. The van der Waals surface area contributed by atoms with E-state index in [1.165, 1.54) is 0 Å². The van der Waals surface area contributed by atoms with Crippen LogP contribution in [0.3, 0.4) is 0 Å². The summed E-state index contributed by atoms with van der Waals surface area (Å²) in [5.74, 6) is -1.48. The van der Waals surface area contributed by atoms with Crippen molar-refractivity contribution in [1.82, 2.24) is 0 Å². The molecule has 3 unspecified atom stereocenters. The van der Waals surface area contributed by atoms with Gasteiger partial charge in [0, 0.05) is 5.92 Å². The highest BCUT2D eigenvalue weighted by Gasteiger charge is 2.40. The van der Waals surface area contributed by atoms with Gasteiger partial charge in [0.1, 0.15) is 22.7 Å². The number of aliphatic imine (C=N–C) groups is 1. The summed E-state index contributed by atoms with van der Waals surface area (Å²) >= 11 is 5.20. The molecule has 3 atom stereocenters. The summed E-state index contributed by atoms with van der Waals surface area (Å²) in [5, 5.41) is 21.1. The van der Waals surface area contributed by atoms with Crippen molar-refractivity contribution in [2.75, 3.05) is 0 Å². The largest absolute Gasteiger partial charge is 0.386 e. The van der Waals surface area contributed by atoms with Gasteiger partial charge in [0.05, 0.1) is 12.1 Å². The molecule has 0 fully saturated rings. The van der Waals surface area contributed by atoms with E-state index in [1.54, 1.807) is 0 Å². The average Bonchev–Trinajstić information content (AvgIpc) is 2.54. The molecule has 2 N–H and O–H groups in total. The number of rotatable bonds is 1. The Morgan fingerprint density at radius 1 is 1.00 bits per heavy atom. The molecule has 2 aromatic rings. The second-order valence-corrected chi connectivity index (χ2v) is 5.60. The minimum atomic E-state index is -0.651. The van der Waals surface area contributed by atoms with Gasteiger partial charge in [-0.1, -0.05) is 54.7 Å². The molecule has 1 aliphatic rings. The summed E-state index contributed by atoms with van der Waals surface area (Å²) in [6.07, 6.45) is 0. The Morgan fingerprint density at radius 3 is 2.41 bits per heavy atom. The number of fused-ring (bicyclic) bond motifs is 1. The predicted molar refractivity (Wildman–Crippen MR) is 89.1 cm³/mol. The normalized spacial score (nSPS) is 24.4. The van der Waals surface area contributed by atoms with Crippen LogP contribution in [0.2, 0.25) is 0 Å². The maximum Gasteiger partial charge on any atom is 0.123 e. The van der Waals surface area contributed by atoms with Gasteiger partial charge in [0.25, 0.3) is 0 Å². The van der Waals surface area contributed by atoms with Gasteiger partial charge < -0.3 is 5.73 Å². The Morgan fingerprint density at radius 2 is 1.68 bits per heavy atom. The second kappa shape index (κ2) is 5.55. The molecule has 2 aromatic carbocycles. The van der Waals surface area contributed by atoms with Gasteiger partial charge >= 0.3 is 0 Å². The van der Waals surface area contributed by atoms with Crippen molar-refractivity contribution in [2.24, 2.45) is 22.6 Å². The fraction of sp³-hybridized carbons (Fsp3) is 0.176. The van der Waals surface area contributed by atoms with Crippen LogP contribution >= 0.6 is 12.2 Å². The predicted octanol–water partition coefficient (Wildman–Crippen LogP) is 2.90. The third-order valence-electron chi connectivity index (χ3n) is 4.00. The zero-order chi connectivity index (χ0) is 15.7. The lowest BCUT2D eigenvalue weighted by Crippen LogP contribution is -2.39. The lowest BCUT2D eigenvalue weighted by molar-refractivity contribution is 0.565. The summed E-state index contributed by atoms with van der Waals surface area (Å²) < 4.78 is 0. The maximum atomic E-state index is 9.51. The molecular weight excluding hydrogens is 292 g/mol. The summed E-state index contributed by atoms with van der Waals surface area (Å²) in [5.41, 5.74) is 6.81. The molecule has 0 radical (unpaired) electrons. The van der Waals surface area contributed by atoms with E-state index in [2.05, 4.69) is 17.1 Å². The molecule has 3 rings (SSSR count). The molecule has 1 heterocycles. The Labute approximate surface area is 133 Å². The lowest BCUT2D eigenvalue weighted by atomic mass is 9.74. The van der Waals surface area contributed by atoms with Crippen molar-refractivity contribution in [1.29, 1.82) is 10.5 Å². The van der Waals surface area contributed by atoms with Crippen molar-refractivity contribution < 1.29 is 0 Å². The number of hydrogen-bond donors (Lipinski definition) is 1. The van der Waals surface area contributed by atoms with Crippen molar-refractivity contribution in [3.8, 4) is 12.1 Å². The second-order valence-electron chi connectivity index (χ2n) is 5.18. The third-order valence-corrected chi connectivity index (χ3v) is 4.35. The minimum absolute atomic E-state index is 0.192. The van der Waals surface area contributed by atoms with Crippen LogP contribution in [0, 0.1) is 34.5 Å². The maximum absolute atomic E-state index is 9.51. The van der Waals surface area contributed by atoms with Crippen molar-refractivity contribution in [2.45, 2.75) is 5.92 Å². The minimum Gasteiger partial charge on any atom is -0.386 e. The number of benzene rings is 2. The van der Waals surface area contributed by atoms with E-state index in [0.717, 1.165) is 16.3 Å². The first-order valence-corrected chi connectivity index (χ1v) is 7.23. The Kier molecular flexibility index (Phi) is 3.58. The molecule has 0 aliphatic carbocycles. The summed E-state index contributed by atoms with van der Waals surface area (Å²) in [4.78, 5) is 4.28. The number of nitrogens with zero attached hydrogens (tertiary/aromatic N) is 3. The molecular formula is C17H12N4S. The van der Waals surface area contributed by atoms with Gasteiger partial charge in [0.2, 0.25) is 0 Å². The first-order chi connectivity index (χ1) is 10.7. The monoisotopic (exact) mass is 304 g/mol. The highest BCUT2D eigenvalue weighted by atomic mass is 32.1. The standard InChI is InChI=1S/C17H12N4S/c18-8-13-15(14(9-19)17(22)21-16(13)20)12-7-3-5-10-4-1-2-6-11(10)12/h1-7,13-15H,(H2,20,21,22). The van der Waals surface area contributed by atoms with Gasteiger partial charge in [-0.2, -0.15) is 10.5 Å². The molecule has 22 heavy (non-hydrogen) atoms. The lowest BCUT2D eigenvalue weighted by Gasteiger charge is -2.30. The Balaban J connectivity index is 2.27. The van der Waals surface area contributed by atoms with Gasteiger partial charge in [0.15, 0.2) is 0 Å².